The highest BCUT2D eigenvalue weighted by Gasteiger charge is 2.34. The normalized spacial score (nSPS) is 29.7. The second-order valence-electron chi connectivity index (χ2n) is 4.89. The van der Waals surface area contributed by atoms with Crippen LogP contribution >= 0.6 is 0 Å². The lowest BCUT2D eigenvalue weighted by molar-refractivity contribution is 0.267. The third-order valence-corrected chi connectivity index (χ3v) is 5.84. The SMILES string of the molecule is CCS(=O)(=O)N1CCC(C2CCNCC2)C1. The van der Waals surface area contributed by atoms with Gasteiger partial charge in [-0.05, 0) is 51.1 Å². The Hall–Kier alpha value is -0.130. The molecule has 2 fully saturated rings. The van der Waals surface area contributed by atoms with Crippen LogP contribution in [-0.2, 0) is 10.0 Å². The highest BCUT2D eigenvalue weighted by Crippen LogP contribution is 2.31. The van der Waals surface area contributed by atoms with Crippen LogP contribution in [0.5, 0.6) is 0 Å². The van der Waals surface area contributed by atoms with Crippen LogP contribution in [-0.4, -0.2) is 44.7 Å². The fourth-order valence-corrected chi connectivity index (χ4v) is 4.06. The van der Waals surface area contributed by atoms with Crippen LogP contribution in [0, 0.1) is 11.8 Å². The maximum Gasteiger partial charge on any atom is 0.213 e. The molecule has 0 amide bonds. The van der Waals surface area contributed by atoms with Crippen molar-refractivity contribution in [3.05, 3.63) is 0 Å². The Balaban J connectivity index is 1.92. The third kappa shape index (κ3) is 2.57. The molecule has 5 heteroatoms. The Bertz CT molecular complexity index is 323. The minimum atomic E-state index is -2.95. The van der Waals surface area contributed by atoms with Crippen molar-refractivity contribution in [3.8, 4) is 0 Å². The van der Waals surface area contributed by atoms with Crippen LogP contribution in [0.25, 0.3) is 0 Å². The van der Waals surface area contributed by atoms with Gasteiger partial charge in [0.2, 0.25) is 10.0 Å². The second kappa shape index (κ2) is 5.02. The maximum absolute atomic E-state index is 11.7. The van der Waals surface area contributed by atoms with Crippen molar-refractivity contribution >= 4 is 10.0 Å². The van der Waals surface area contributed by atoms with E-state index in [1.807, 2.05) is 0 Å². The molecule has 0 aliphatic carbocycles. The Labute approximate surface area is 98.4 Å². The highest BCUT2D eigenvalue weighted by molar-refractivity contribution is 7.89. The topological polar surface area (TPSA) is 49.4 Å². The summed E-state index contributed by atoms with van der Waals surface area (Å²) in [5, 5.41) is 3.36. The van der Waals surface area contributed by atoms with Crippen LogP contribution in [0.4, 0.5) is 0 Å². The lowest BCUT2D eigenvalue weighted by Gasteiger charge is -2.28. The Morgan fingerprint density at radius 2 is 1.88 bits per heavy atom. The summed E-state index contributed by atoms with van der Waals surface area (Å²) in [5.74, 6) is 1.58. The minimum Gasteiger partial charge on any atom is -0.317 e. The summed E-state index contributed by atoms with van der Waals surface area (Å²) in [6.45, 7) is 5.43. The van der Waals surface area contributed by atoms with Gasteiger partial charge >= 0.3 is 0 Å². The van der Waals surface area contributed by atoms with E-state index in [1.54, 1.807) is 11.2 Å². The van der Waals surface area contributed by atoms with Crippen LogP contribution in [0.3, 0.4) is 0 Å². The molecule has 16 heavy (non-hydrogen) atoms. The molecule has 0 aromatic heterocycles. The van der Waals surface area contributed by atoms with E-state index in [0.29, 0.717) is 5.92 Å². The zero-order valence-corrected chi connectivity index (χ0v) is 10.8. The second-order valence-corrected chi connectivity index (χ2v) is 7.15. The number of hydrogen-bond donors (Lipinski definition) is 1. The minimum absolute atomic E-state index is 0.242. The molecule has 94 valence electrons. The van der Waals surface area contributed by atoms with E-state index < -0.39 is 10.0 Å². The molecular weight excluding hydrogens is 224 g/mol. The van der Waals surface area contributed by atoms with Gasteiger partial charge < -0.3 is 5.32 Å². The van der Waals surface area contributed by atoms with E-state index in [4.69, 9.17) is 0 Å². The number of hydrogen-bond acceptors (Lipinski definition) is 3. The van der Waals surface area contributed by atoms with Crippen molar-refractivity contribution < 1.29 is 8.42 Å². The number of rotatable bonds is 3. The van der Waals surface area contributed by atoms with Crippen molar-refractivity contribution in [2.45, 2.75) is 26.2 Å². The van der Waals surface area contributed by atoms with Gasteiger partial charge in [-0.1, -0.05) is 0 Å². The summed E-state index contributed by atoms with van der Waals surface area (Å²) in [7, 11) is -2.95. The Morgan fingerprint density at radius 1 is 1.19 bits per heavy atom. The first kappa shape index (κ1) is 12.3. The molecule has 2 heterocycles. The predicted octanol–water partition coefficient (Wildman–Crippen LogP) is 0.658. The van der Waals surface area contributed by atoms with Gasteiger partial charge in [-0.15, -0.1) is 0 Å². The first-order valence-electron chi connectivity index (χ1n) is 6.32. The van der Waals surface area contributed by atoms with Gasteiger partial charge in [0.15, 0.2) is 0 Å². The van der Waals surface area contributed by atoms with Crippen molar-refractivity contribution in [2.24, 2.45) is 11.8 Å². The number of piperidine rings is 1. The molecule has 0 radical (unpaired) electrons. The van der Waals surface area contributed by atoms with Crippen molar-refractivity contribution in [3.63, 3.8) is 0 Å². The molecule has 1 unspecified atom stereocenters. The highest BCUT2D eigenvalue weighted by atomic mass is 32.2. The van der Waals surface area contributed by atoms with Gasteiger partial charge in [0.05, 0.1) is 5.75 Å². The largest absolute Gasteiger partial charge is 0.317 e. The van der Waals surface area contributed by atoms with E-state index in [-0.39, 0.29) is 5.75 Å². The monoisotopic (exact) mass is 246 g/mol. The molecule has 2 aliphatic heterocycles. The summed E-state index contributed by atoms with van der Waals surface area (Å²) in [6, 6.07) is 0. The van der Waals surface area contributed by atoms with Crippen LogP contribution in [0.2, 0.25) is 0 Å². The molecule has 2 saturated heterocycles. The van der Waals surface area contributed by atoms with E-state index in [2.05, 4.69) is 5.32 Å². The fourth-order valence-electron chi connectivity index (χ4n) is 2.89. The van der Waals surface area contributed by atoms with Gasteiger partial charge in [0, 0.05) is 13.1 Å². The van der Waals surface area contributed by atoms with E-state index >= 15 is 0 Å². The molecule has 0 saturated carbocycles. The first-order valence-corrected chi connectivity index (χ1v) is 7.93. The summed E-state index contributed by atoms with van der Waals surface area (Å²) >= 11 is 0. The van der Waals surface area contributed by atoms with Gasteiger partial charge in [-0.3, -0.25) is 0 Å². The molecule has 2 rings (SSSR count). The van der Waals surface area contributed by atoms with Gasteiger partial charge in [-0.2, -0.15) is 0 Å². The molecule has 1 N–H and O–H groups in total. The average Bonchev–Trinajstić information content (AvgIpc) is 2.80. The molecule has 0 bridgehead atoms. The standard InChI is InChI=1S/C11H22N2O2S/c1-2-16(14,15)13-8-5-11(9-13)10-3-6-12-7-4-10/h10-12H,2-9H2,1H3. The average molecular weight is 246 g/mol. The lowest BCUT2D eigenvalue weighted by Crippen LogP contribution is -2.34. The van der Waals surface area contributed by atoms with Crippen LogP contribution < -0.4 is 5.32 Å². The van der Waals surface area contributed by atoms with Gasteiger partial charge in [0.1, 0.15) is 0 Å². The number of sulfonamides is 1. The lowest BCUT2D eigenvalue weighted by atomic mass is 9.84. The summed E-state index contributed by atoms with van der Waals surface area (Å²) < 4.78 is 25.2. The zero-order chi connectivity index (χ0) is 11.6. The van der Waals surface area contributed by atoms with Gasteiger partial charge in [0.25, 0.3) is 0 Å². The molecular formula is C11H22N2O2S. The molecule has 1 atom stereocenters. The Kier molecular flexibility index (Phi) is 3.87. The fraction of sp³-hybridized carbons (Fsp3) is 1.00. The van der Waals surface area contributed by atoms with E-state index in [0.717, 1.165) is 38.5 Å². The van der Waals surface area contributed by atoms with E-state index in [9.17, 15) is 8.42 Å². The molecule has 0 aromatic rings. The van der Waals surface area contributed by atoms with Crippen molar-refractivity contribution in [1.29, 1.82) is 0 Å². The third-order valence-electron chi connectivity index (χ3n) is 4.00. The summed E-state index contributed by atoms with van der Waals surface area (Å²) in [5.41, 5.74) is 0. The number of nitrogens with zero attached hydrogens (tertiary/aromatic N) is 1. The van der Waals surface area contributed by atoms with Crippen molar-refractivity contribution in [1.82, 2.24) is 9.62 Å². The van der Waals surface area contributed by atoms with Crippen LogP contribution in [0.1, 0.15) is 26.2 Å². The molecule has 0 spiro atoms. The molecule has 4 nitrogen and oxygen atoms in total. The predicted molar refractivity (Wildman–Crippen MR) is 64.7 cm³/mol. The molecule has 2 aliphatic rings. The molecule has 0 aromatic carbocycles. The maximum atomic E-state index is 11.7. The van der Waals surface area contributed by atoms with Crippen LogP contribution in [0.15, 0.2) is 0 Å². The number of nitrogens with one attached hydrogen (secondary N) is 1. The summed E-state index contributed by atoms with van der Waals surface area (Å²) in [4.78, 5) is 0. The van der Waals surface area contributed by atoms with Gasteiger partial charge in [-0.25, -0.2) is 12.7 Å². The quantitative estimate of drug-likeness (QED) is 0.796. The smallest absolute Gasteiger partial charge is 0.213 e. The zero-order valence-electron chi connectivity index (χ0n) is 9.98. The van der Waals surface area contributed by atoms with Crippen molar-refractivity contribution in [2.75, 3.05) is 31.9 Å². The van der Waals surface area contributed by atoms with E-state index in [1.165, 1.54) is 12.8 Å². The Morgan fingerprint density at radius 3 is 2.50 bits per heavy atom. The summed E-state index contributed by atoms with van der Waals surface area (Å²) in [6.07, 6.45) is 3.49. The first-order chi connectivity index (χ1) is 7.63.